The summed E-state index contributed by atoms with van der Waals surface area (Å²) < 4.78 is 24.1. The van der Waals surface area contributed by atoms with E-state index in [1.165, 1.54) is 0 Å². The van der Waals surface area contributed by atoms with E-state index in [2.05, 4.69) is 20.4 Å². The third-order valence-electron chi connectivity index (χ3n) is 7.24. The quantitative estimate of drug-likeness (QED) is 0.426. The number of carbonyl (C=O) groups is 2. The van der Waals surface area contributed by atoms with Gasteiger partial charge in [0, 0.05) is 23.2 Å². The predicted octanol–water partition coefficient (Wildman–Crippen LogP) is 3.06. The van der Waals surface area contributed by atoms with E-state index < -0.39 is 34.8 Å². The number of hydrogen-bond donors (Lipinski definition) is 0. The summed E-state index contributed by atoms with van der Waals surface area (Å²) in [6, 6.07) is 0. The smallest absolute Gasteiger partial charge is 0.336 e. The fourth-order valence-electron chi connectivity index (χ4n) is 5.56. The molecular formula is C21H28O6. The van der Waals surface area contributed by atoms with Gasteiger partial charge in [0.2, 0.25) is 5.79 Å². The van der Waals surface area contributed by atoms with E-state index in [0.717, 1.165) is 12.8 Å². The normalized spacial score (nSPS) is 44.8. The molecule has 0 N–H and O–H groups in total. The molecule has 1 saturated heterocycles. The van der Waals surface area contributed by atoms with Gasteiger partial charge >= 0.3 is 11.9 Å². The topological polar surface area (TPSA) is 74.4 Å². The van der Waals surface area contributed by atoms with Gasteiger partial charge in [0.05, 0.1) is 18.1 Å². The summed E-state index contributed by atoms with van der Waals surface area (Å²) in [6.07, 6.45) is 1.79. The molecule has 27 heavy (non-hydrogen) atoms. The van der Waals surface area contributed by atoms with Gasteiger partial charge in [-0.1, -0.05) is 20.4 Å². The Morgan fingerprint density at radius 2 is 2.07 bits per heavy atom. The molecule has 2 saturated carbocycles. The van der Waals surface area contributed by atoms with Crippen LogP contribution in [0.3, 0.4) is 0 Å². The van der Waals surface area contributed by atoms with Crippen molar-refractivity contribution in [3.63, 3.8) is 0 Å². The first kappa shape index (κ1) is 18.7. The summed E-state index contributed by atoms with van der Waals surface area (Å²) >= 11 is 0. The SMILES string of the molecule is C=C(C)C(=O)O[C@@H]1C2=C(C)C(=O)O[C@]2(OCC)C[C@@]23O[C@@H]2CC[C@H](C)[C@@]13C. The van der Waals surface area contributed by atoms with Crippen LogP contribution in [0.1, 0.15) is 53.9 Å². The van der Waals surface area contributed by atoms with Crippen molar-refractivity contribution in [3.8, 4) is 0 Å². The molecular weight excluding hydrogens is 348 g/mol. The molecule has 0 radical (unpaired) electrons. The van der Waals surface area contributed by atoms with Crippen molar-refractivity contribution in [2.24, 2.45) is 11.3 Å². The van der Waals surface area contributed by atoms with Crippen LogP contribution in [0.25, 0.3) is 0 Å². The molecule has 0 aromatic rings. The lowest BCUT2D eigenvalue weighted by Crippen LogP contribution is -2.65. The minimum atomic E-state index is -1.22. The van der Waals surface area contributed by atoms with Crippen molar-refractivity contribution in [3.05, 3.63) is 23.3 Å². The lowest BCUT2D eigenvalue weighted by Gasteiger charge is -2.55. The van der Waals surface area contributed by atoms with Crippen molar-refractivity contribution < 1.29 is 28.5 Å². The first-order valence-corrected chi connectivity index (χ1v) is 9.76. The van der Waals surface area contributed by atoms with Crippen LogP contribution in [0.4, 0.5) is 0 Å². The van der Waals surface area contributed by atoms with Gasteiger partial charge in [0.25, 0.3) is 0 Å². The van der Waals surface area contributed by atoms with Gasteiger partial charge in [-0.25, -0.2) is 9.59 Å². The average molecular weight is 376 g/mol. The van der Waals surface area contributed by atoms with E-state index in [4.69, 9.17) is 18.9 Å². The molecule has 0 unspecified atom stereocenters. The Labute approximate surface area is 159 Å². The van der Waals surface area contributed by atoms with Crippen LogP contribution in [-0.2, 0) is 28.5 Å². The summed E-state index contributed by atoms with van der Waals surface area (Å²) in [7, 11) is 0. The molecule has 2 aliphatic carbocycles. The lowest BCUT2D eigenvalue weighted by molar-refractivity contribution is -0.244. The van der Waals surface area contributed by atoms with Crippen molar-refractivity contribution in [1.82, 2.24) is 0 Å². The molecule has 148 valence electrons. The first-order chi connectivity index (χ1) is 12.6. The van der Waals surface area contributed by atoms with Gasteiger partial charge in [0.15, 0.2) is 0 Å². The maximum absolute atomic E-state index is 12.5. The van der Waals surface area contributed by atoms with E-state index >= 15 is 0 Å². The Morgan fingerprint density at radius 3 is 2.70 bits per heavy atom. The molecule has 4 rings (SSSR count). The maximum atomic E-state index is 12.5. The van der Waals surface area contributed by atoms with Crippen molar-refractivity contribution >= 4 is 11.9 Å². The van der Waals surface area contributed by atoms with Crippen molar-refractivity contribution in [1.29, 1.82) is 0 Å². The molecule has 1 spiro atoms. The third-order valence-corrected chi connectivity index (χ3v) is 7.24. The maximum Gasteiger partial charge on any atom is 0.336 e. The largest absolute Gasteiger partial charge is 0.453 e. The second kappa shape index (κ2) is 5.67. The minimum absolute atomic E-state index is 0.0724. The highest BCUT2D eigenvalue weighted by atomic mass is 16.7. The molecule has 6 nitrogen and oxygen atoms in total. The second-order valence-electron chi connectivity index (χ2n) is 8.61. The summed E-state index contributed by atoms with van der Waals surface area (Å²) in [4.78, 5) is 25.1. The first-order valence-electron chi connectivity index (χ1n) is 9.76. The molecule has 0 bridgehead atoms. The molecule has 6 heteroatoms. The Morgan fingerprint density at radius 1 is 1.37 bits per heavy atom. The molecule has 6 atom stereocenters. The number of ether oxygens (including phenoxy) is 4. The lowest BCUT2D eigenvalue weighted by atomic mass is 9.51. The van der Waals surface area contributed by atoms with Crippen LogP contribution in [0, 0.1) is 11.3 Å². The predicted molar refractivity (Wildman–Crippen MR) is 96.6 cm³/mol. The van der Waals surface area contributed by atoms with Crippen LogP contribution >= 0.6 is 0 Å². The van der Waals surface area contributed by atoms with Gasteiger partial charge in [-0.05, 0) is 39.5 Å². The molecule has 0 amide bonds. The number of hydrogen-bond acceptors (Lipinski definition) is 6. The molecule has 4 aliphatic rings. The summed E-state index contributed by atoms with van der Waals surface area (Å²) in [5.74, 6) is -1.87. The Hall–Kier alpha value is -1.66. The van der Waals surface area contributed by atoms with Crippen LogP contribution in [0.5, 0.6) is 0 Å². The van der Waals surface area contributed by atoms with Crippen LogP contribution < -0.4 is 0 Å². The van der Waals surface area contributed by atoms with E-state index in [0.29, 0.717) is 29.7 Å². The van der Waals surface area contributed by atoms with E-state index in [-0.39, 0.29) is 12.0 Å². The zero-order valence-corrected chi connectivity index (χ0v) is 16.7. The molecule has 0 aromatic heterocycles. The number of carbonyl (C=O) groups excluding carboxylic acids is 2. The Balaban J connectivity index is 1.90. The summed E-state index contributed by atoms with van der Waals surface area (Å²) in [6.45, 7) is 13.6. The zero-order valence-electron chi connectivity index (χ0n) is 16.7. The van der Waals surface area contributed by atoms with Crippen LogP contribution in [0.2, 0.25) is 0 Å². The van der Waals surface area contributed by atoms with E-state index in [1.54, 1.807) is 13.8 Å². The van der Waals surface area contributed by atoms with Gasteiger partial charge in [-0.15, -0.1) is 0 Å². The fraction of sp³-hybridized carbons (Fsp3) is 0.714. The fourth-order valence-corrected chi connectivity index (χ4v) is 5.56. The molecule has 2 aliphatic heterocycles. The highest BCUT2D eigenvalue weighted by Crippen LogP contribution is 2.71. The summed E-state index contributed by atoms with van der Waals surface area (Å²) in [5, 5.41) is 0. The number of epoxide rings is 1. The number of rotatable bonds is 4. The second-order valence-corrected chi connectivity index (χ2v) is 8.61. The van der Waals surface area contributed by atoms with Gasteiger partial charge in [-0.3, -0.25) is 0 Å². The zero-order chi connectivity index (χ0) is 19.8. The highest BCUT2D eigenvalue weighted by molar-refractivity contribution is 5.93. The summed E-state index contributed by atoms with van der Waals surface area (Å²) in [5.41, 5.74) is 0.440. The van der Waals surface area contributed by atoms with Gasteiger partial charge in [0.1, 0.15) is 11.7 Å². The van der Waals surface area contributed by atoms with E-state index in [9.17, 15) is 9.59 Å². The van der Waals surface area contributed by atoms with Crippen molar-refractivity contribution in [2.75, 3.05) is 6.61 Å². The standard InChI is InChI=1S/C21H28O6/c1-7-24-21-10-20-14(26-20)9-8-12(4)19(20,6)16(25-17(22)11(2)3)15(21)13(5)18(23)27-21/h12,14,16H,2,7-10H2,1,3-6H3/t12-,14+,16+,19-,20+,21+/m0/s1. The molecule has 0 aromatic carbocycles. The Bertz CT molecular complexity index is 769. The van der Waals surface area contributed by atoms with Crippen LogP contribution in [-0.4, -0.2) is 42.1 Å². The highest BCUT2D eigenvalue weighted by Gasteiger charge is 2.81. The van der Waals surface area contributed by atoms with Crippen LogP contribution in [0.15, 0.2) is 23.3 Å². The monoisotopic (exact) mass is 376 g/mol. The third kappa shape index (κ3) is 2.20. The van der Waals surface area contributed by atoms with Gasteiger partial charge < -0.3 is 18.9 Å². The van der Waals surface area contributed by atoms with Crippen molar-refractivity contribution in [2.45, 2.75) is 77.5 Å². The molecule has 2 heterocycles. The minimum Gasteiger partial charge on any atom is -0.453 e. The Kier molecular flexibility index (Phi) is 3.93. The number of fused-ring (bicyclic) bond motifs is 1. The molecule has 3 fully saturated rings. The van der Waals surface area contributed by atoms with Gasteiger partial charge in [-0.2, -0.15) is 0 Å². The number of esters is 2. The average Bonchev–Trinajstić information content (AvgIpc) is 3.25. The van der Waals surface area contributed by atoms with E-state index in [1.807, 2.05) is 6.92 Å².